The summed E-state index contributed by atoms with van der Waals surface area (Å²) >= 11 is 5.67. The molecule has 0 saturated heterocycles. The highest BCUT2D eigenvalue weighted by Gasteiger charge is 2.12. The average molecular weight is 284 g/mol. The van der Waals surface area contributed by atoms with Gasteiger partial charge in [0.15, 0.2) is 0 Å². The topological polar surface area (TPSA) is 38.3 Å². The first-order chi connectivity index (χ1) is 8.90. The minimum Gasteiger partial charge on any atom is -0.366 e. The maximum Gasteiger partial charge on any atom is 0.250 e. The molecule has 0 saturated carbocycles. The van der Waals surface area contributed by atoms with E-state index in [-0.39, 0.29) is 18.1 Å². The van der Waals surface area contributed by atoms with Crippen molar-refractivity contribution in [3.8, 4) is 0 Å². The number of benzene rings is 1. The molecule has 0 fully saturated rings. The first-order valence-corrected chi connectivity index (χ1v) is 7.03. The van der Waals surface area contributed by atoms with Crippen LogP contribution in [0.5, 0.6) is 0 Å². The van der Waals surface area contributed by atoms with Crippen LogP contribution in [0, 0.1) is 0 Å². The van der Waals surface area contributed by atoms with Crippen LogP contribution in [0.1, 0.15) is 32.8 Å². The second-order valence-electron chi connectivity index (χ2n) is 5.44. The molecule has 1 amide bonds. The van der Waals surface area contributed by atoms with Crippen LogP contribution in [-0.4, -0.2) is 24.0 Å². The lowest BCUT2D eigenvalue weighted by molar-refractivity contribution is -0.125. The fraction of sp³-hybridized carbons (Fsp3) is 0.533. The van der Waals surface area contributed by atoms with Gasteiger partial charge in [0.05, 0.1) is 5.60 Å². The summed E-state index contributed by atoms with van der Waals surface area (Å²) in [4.78, 5) is 11.7. The lowest BCUT2D eigenvalue weighted by Crippen LogP contribution is -2.27. The van der Waals surface area contributed by atoms with Crippen LogP contribution in [-0.2, 0) is 16.0 Å². The Morgan fingerprint density at radius 3 is 2.74 bits per heavy atom. The van der Waals surface area contributed by atoms with Crippen LogP contribution in [0.2, 0.25) is 0 Å². The Morgan fingerprint density at radius 1 is 1.37 bits per heavy atom. The van der Waals surface area contributed by atoms with E-state index in [9.17, 15) is 4.79 Å². The summed E-state index contributed by atoms with van der Waals surface area (Å²) in [6.45, 7) is 5.84. The lowest BCUT2D eigenvalue weighted by atomic mass is 10.1. The molecular formula is C15H22ClNO2. The van der Waals surface area contributed by atoms with Crippen molar-refractivity contribution in [2.75, 3.05) is 17.8 Å². The van der Waals surface area contributed by atoms with Crippen LogP contribution in [0.25, 0.3) is 0 Å². The van der Waals surface area contributed by atoms with Gasteiger partial charge in [-0.15, -0.1) is 11.6 Å². The van der Waals surface area contributed by atoms with Crippen LogP contribution in [0.3, 0.4) is 0 Å². The molecule has 19 heavy (non-hydrogen) atoms. The fourth-order valence-electron chi connectivity index (χ4n) is 1.55. The van der Waals surface area contributed by atoms with Crippen LogP contribution in [0.4, 0.5) is 5.69 Å². The molecule has 1 N–H and O–H groups in total. The number of carbonyl (C=O) groups excluding carboxylic acids is 1. The second kappa shape index (κ2) is 7.51. The van der Waals surface area contributed by atoms with Gasteiger partial charge in [-0.25, -0.2) is 0 Å². The molecular weight excluding hydrogens is 262 g/mol. The smallest absolute Gasteiger partial charge is 0.250 e. The fourth-order valence-corrected chi connectivity index (χ4v) is 1.69. The summed E-state index contributed by atoms with van der Waals surface area (Å²) in [7, 11) is 0. The molecule has 0 aromatic heterocycles. The average Bonchev–Trinajstić information content (AvgIpc) is 2.33. The van der Waals surface area contributed by atoms with Crippen molar-refractivity contribution in [3.05, 3.63) is 29.8 Å². The summed E-state index contributed by atoms with van der Waals surface area (Å²) in [6.07, 6.45) is 1.86. The number of amides is 1. The Bertz CT molecular complexity index is 413. The lowest BCUT2D eigenvalue weighted by Gasteiger charge is -2.19. The molecule has 0 atom stereocenters. The van der Waals surface area contributed by atoms with E-state index in [1.165, 1.54) is 5.56 Å². The molecule has 0 aliphatic carbocycles. The Labute approximate surface area is 120 Å². The van der Waals surface area contributed by atoms with Crippen molar-refractivity contribution in [1.82, 2.24) is 0 Å². The molecule has 0 bridgehead atoms. The van der Waals surface area contributed by atoms with Crippen molar-refractivity contribution in [2.45, 2.75) is 39.2 Å². The molecule has 0 spiro atoms. The number of halogens is 1. The third-order valence-electron chi connectivity index (χ3n) is 2.45. The molecule has 1 aromatic carbocycles. The minimum atomic E-state index is -0.306. The van der Waals surface area contributed by atoms with E-state index in [0.29, 0.717) is 5.88 Å². The molecule has 106 valence electrons. The largest absolute Gasteiger partial charge is 0.366 e. The zero-order valence-corrected chi connectivity index (χ0v) is 12.6. The van der Waals surface area contributed by atoms with Gasteiger partial charge in [-0.3, -0.25) is 4.79 Å². The third kappa shape index (κ3) is 7.19. The summed E-state index contributed by atoms with van der Waals surface area (Å²) in [6, 6.07) is 7.82. The van der Waals surface area contributed by atoms with Gasteiger partial charge in [-0.2, -0.15) is 0 Å². The minimum absolute atomic E-state index is 0.0649. The zero-order valence-electron chi connectivity index (χ0n) is 11.8. The Morgan fingerprint density at radius 2 is 2.11 bits per heavy atom. The van der Waals surface area contributed by atoms with E-state index < -0.39 is 0 Å². The molecule has 0 aliphatic heterocycles. The van der Waals surface area contributed by atoms with Crippen LogP contribution < -0.4 is 5.32 Å². The summed E-state index contributed by atoms with van der Waals surface area (Å²) in [5.74, 6) is 0.514. The van der Waals surface area contributed by atoms with Gasteiger partial charge in [-0.1, -0.05) is 12.1 Å². The third-order valence-corrected chi connectivity index (χ3v) is 2.71. The van der Waals surface area contributed by atoms with Gasteiger partial charge in [0.25, 0.3) is 0 Å². The number of alkyl halides is 1. The quantitative estimate of drug-likeness (QED) is 0.810. The summed E-state index contributed by atoms with van der Waals surface area (Å²) in [5.41, 5.74) is 1.67. The van der Waals surface area contributed by atoms with Gasteiger partial charge < -0.3 is 10.1 Å². The molecule has 3 nitrogen and oxygen atoms in total. The number of nitrogens with one attached hydrogen (secondary N) is 1. The first kappa shape index (κ1) is 16.0. The Kier molecular flexibility index (Phi) is 6.32. The van der Waals surface area contributed by atoms with Crippen LogP contribution in [0.15, 0.2) is 24.3 Å². The van der Waals surface area contributed by atoms with Gasteiger partial charge >= 0.3 is 0 Å². The van der Waals surface area contributed by atoms with Crippen LogP contribution >= 0.6 is 11.6 Å². The van der Waals surface area contributed by atoms with Crippen molar-refractivity contribution in [3.63, 3.8) is 0 Å². The van der Waals surface area contributed by atoms with Gasteiger partial charge in [-0.05, 0) is 51.3 Å². The van der Waals surface area contributed by atoms with Gasteiger partial charge in [0.1, 0.15) is 6.61 Å². The molecule has 1 rings (SSSR count). The van der Waals surface area contributed by atoms with Gasteiger partial charge in [0.2, 0.25) is 5.91 Å². The molecule has 1 aromatic rings. The van der Waals surface area contributed by atoms with E-state index >= 15 is 0 Å². The zero-order chi connectivity index (χ0) is 14.3. The monoisotopic (exact) mass is 283 g/mol. The molecule has 0 radical (unpaired) electrons. The maximum absolute atomic E-state index is 11.7. The number of aryl methyl sites for hydroxylation is 1. The van der Waals surface area contributed by atoms with Gasteiger partial charge in [0, 0.05) is 11.6 Å². The maximum atomic E-state index is 11.7. The number of carbonyl (C=O) groups is 1. The van der Waals surface area contributed by atoms with E-state index in [1.807, 2.05) is 45.0 Å². The SMILES string of the molecule is CC(C)(C)OCC(=O)Nc1cccc(CCCCl)c1. The number of anilines is 1. The molecule has 0 unspecified atom stereocenters. The molecule has 0 aliphatic rings. The Balaban J connectivity index is 2.49. The van der Waals surface area contributed by atoms with Crippen molar-refractivity contribution < 1.29 is 9.53 Å². The highest BCUT2D eigenvalue weighted by Crippen LogP contribution is 2.13. The molecule has 4 heteroatoms. The number of hydrogen-bond acceptors (Lipinski definition) is 2. The standard InChI is InChI=1S/C15H22ClNO2/c1-15(2,3)19-11-14(18)17-13-8-4-6-12(10-13)7-5-9-16/h4,6,8,10H,5,7,9,11H2,1-3H3,(H,17,18). The van der Waals surface area contributed by atoms with E-state index in [4.69, 9.17) is 16.3 Å². The highest BCUT2D eigenvalue weighted by atomic mass is 35.5. The van der Waals surface area contributed by atoms with Crippen molar-refractivity contribution in [2.24, 2.45) is 0 Å². The summed E-state index contributed by atoms with van der Waals surface area (Å²) in [5, 5.41) is 2.83. The Hall–Kier alpha value is -1.06. The summed E-state index contributed by atoms with van der Waals surface area (Å²) < 4.78 is 5.43. The van der Waals surface area contributed by atoms with Crippen molar-refractivity contribution >= 4 is 23.2 Å². The van der Waals surface area contributed by atoms with E-state index in [0.717, 1.165) is 18.5 Å². The first-order valence-electron chi connectivity index (χ1n) is 6.49. The number of rotatable bonds is 6. The number of hydrogen-bond donors (Lipinski definition) is 1. The van der Waals surface area contributed by atoms with E-state index in [1.54, 1.807) is 0 Å². The second-order valence-corrected chi connectivity index (χ2v) is 5.82. The number of ether oxygens (including phenoxy) is 1. The molecule has 0 heterocycles. The predicted molar refractivity (Wildman–Crippen MR) is 79.8 cm³/mol. The predicted octanol–water partition coefficient (Wildman–Crippen LogP) is 3.61. The highest BCUT2D eigenvalue weighted by molar-refractivity contribution is 6.17. The van der Waals surface area contributed by atoms with Crippen molar-refractivity contribution in [1.29, 1.82) is 0 Å². The normalized spacial score (nSPS) is 11.4. The van der Waals surface area contributed by atoms with E-state index in [2.05, 4.69) is 5.32 Å².